The maximum Gasteiger partial charge on any atom is 0.307 e. The highest BCUT2D eigenvalue weighted by molar-refractivity contribution is 5.89. The van der Waals surface area contributed by atoms with Crippen LogP contribution in [0, 0.1) is 17.8 Å². The van der Waals surface area contributed by atoms with E-state index >= 15 is 0 Å². The van der Waals surface area contributed by atoms with E-state index in [1.54, 1.807) is 0 Å². The molecule has 0 heterocycles. The van der Waals surface area contributed by atoms with Gasteiger partial charge >= 0.3 is 5.97 Å². The van der Waals surface area contributed by atoms with Crippen LogP contribution in [-0.4, -0.2) is 34.5 Å². The molecule has 4 heteroatoms. The lowest BCUT2D eigenvalue weighted by Gasteiger charge is -2.22. The Morgan fingerprint density at radius 2 is 1.81 bits per heavy atom. The Morgan fingerprint density at radius 3 is 2.25 bits per heavy atom. The van der Waals surface area contributed by atoms with Crippen molar-refractivity contribution in [3.05, 3.63) is 0 Å². The molecule has 3 rings (SSSR count). The van der Waals surface area contributed by atoms with E-state index in [0.717, 1.165) is 19.4 Å². The lowest BCUT2D eigenvalue weighted by molar-refractivity contribution is -0.142. The van der Waals surface area contributed by atoms with Crippen molar-refractivity contribution in [2.45, 2.75) is 38.1 Å². The van der Waals surface area contributed by atoms with E-state index in [2.05, 4.69) is 0 Å². The molecule has 16 heavy (non-hydrogen) atoms. The molecular formula is C12H17NO3. The second-order valence-corrected chi connectivity index (χ2v) is 5.45. The molecule has 0 spiro atoms. The minimum absolute atomic E-state index is 0.113. The molecule has 0 aromatic heterocycles. The average Bonchev–Trinajstić information content (AvgIpc) is 3.15. The van der Waals surface area contributed by atoms with Crippen molar-refractivity contribution in [3.63, 3.8) is 0 Å². The normalized spacial score (nSPS) is 32.2. The first-order valence-corrected chi connectivity index (χ1v) is 6.20. The predicted molar refractivity (Wildman–Crippen MR) is 56.7 cm³/mol. The third-order valence-electron chi connectivity index (χ3n) is 3.85. The van der Waals surface area contributed by atoms with Gasteiger partial charge in [0.25, 0.3) is 0 Å². The Hall–Kier alpha value is -1.06. The largest absolute Gasteiger partial charge is 0.481 e. The Morgan fingerprint density at radius 1 is 1.12 bits per heavy atom. The summed E-state index contributed by atoms with van der Waals surface area (Å²) < 4.78 is 0. The summed E-state index contributed by atoms with van der Waals surface area (Å²) >= 11 is 0. The minimum Gasteiger partial charge on any atom is -0.481 e. The number of carboxylic acid groups (broad SMARTS) is 1. The van der Waals surface area contributed by atoms with Crippen LogP contribution in [0.2, 0.25) is 0 Å². The molecule has 0 saturated heterocycles. The predicted octanol–water partition coefficient (Wildman–Crippen LogP) is 1.11. The van der Waals surface area contributed by atoms with E-state index in [4.69, 9.17) is 5.11 Å². The lowest BCUT2D eigenvalue weighted by atomic mass is 10.2. The maximum absolute atomic E-state index is 12.1. The number of amides is 1. The van der Waals surface area contributed by atoms with Crippen LogP contribution < -0.4 is 0 Å². The first-order chi connectivity index (χ1) is 7.66. The van der Waals surface area contributed by atoms with Crippen LogP contribution in [0.3, 0.4) is 0 Å². The number of carbonyl (C=O) groups is 2. The number of nitrogens with zero attached hydrogens (tertiary/aromatic N) is 1. The summed E-state index contributed by atoms with van der Waals surface area (Å²) in [6.07, 6.45) is 5.26. The van der Waals surface area contributed by atoms with Gasteiger partial charge in [0.15, 0.2) is 0 Å². The fourth-order valence-corrected chi connectivity index (χ4v) is 2.34. The van der Waals surface area contributed by atoms with Gasteiger partial charge in [0.05, 0.1) is 11.8 Å². The SMILES string of the molecule is O=C(O)[C@H]1C[C@H]1C(=O)N(CC1CC1)C1CC1. The maximum atomic E-state index is 12.1. The molecule has 0 aromatic carbocycles. The van der Waals surface area contributed by atoms with Gasteiger partial charge < -0.3 is 10.0 Å². The molecule has 0 bridgehead atoms. The van der Waals surface area contributed by atoms with Crippen LogP contribution in [0.15, 0.2) is 0 Å². The minimum atomic E-state index is -0.805. The van der Waals surface area contributed by atoms with Crippen molar-refractivity contribution in [2.75, 3.05) is 6.54 Å². The zero-order valence-electron chi connectivity index (χ0n) is 9.26. The van der Waals surface area contributed by atoms with Crippen molar-refractivity contribution in [1.82, 2.24) is 4.90 Å². The average molecular weight is 223 g/mol. The number of carboxylic acids is 1. The topological polar surface area (TPSA) is 57.6 Å². The molecular weight excluding hydrogens is 206 g/mol. The quantitative estimate of drug-likeness (QED) is 0.759. The van der Waals surface area contributed by atoms with Gasteiger partial charge in [-0.3, -0.25) is 9.59 Å². The molecule has 2 atom stereocenters. The van der Waals surface area contributed by atoms with E-state index in [1.165, 1.54) is 12.8 Å². The lowest BCUT2D eigenvalue weighted by Crippen LogP contribution is -2.36. The van der Waals surface area contributed by atoms with Crippen LogP contribution in [0.25, 0.3) is 0 Å². The third-order valence-corrected chi connectivity index (χ3v) is 3.85. The summed E-state index contributed by atoms with van der Waals surface area (Å²) in [5.41, 5.74) is 0. The highest BCUT2D eigenvalue weighted by Crippen LogP contribution is 2.43. The van der Waals surface area contributed by atoms with Crippen LogP contribution in [-0.2, 0) is 9.59 Å². The molecule has 88 valence electrons. The van der Waals surface area contributed by atoms with Gasteiger partial charge in [-0.2, -0.15) is 0 Å². The van der Waals surface area contributed by atoms with E-state index in [0.29, 0.717) is 18.4 Å². The summed E-state index contributed by atoms with van der Waals surface area (Å²) in [6.45, 7) is 0.881. The number of rotatable bonds is 5. The van der Waals surface area contributed by atoms with Crippen LogP contribution in [0.1, 0.15) is 32.1 Å². The van der Waals surface area contributed by atoms with E-state index in [-0.39, 0.29) is 11.8 Å². The number of hydrogen-bond donors (Lipinski definition) is 1. The second kappa shape index (κ2) is 3.47. The van der Waals surface area contributed by atoms with Gasteiger partial charge in [0, 0.05) is 12.6 Å². The van der Waals surface area contributed by atoms with E-state index in [9.17, 15) is 9.59 Å². The second-order valence-electron chi connectivity index (χ2n) is 5.45. The summed E-state index contributed by atoms with van der Waals surface area (Å²) in [4.78, 5) is 24.9. The first-order valence-electron chi connectivity index (χ1n) is 6.20. The monoisotopic (exact) mass is 223 g/mol. The Kier molecular flexibility index (Phi) is 2.19. The van der Waals surface area contributed by atoms with Crippen LogP contribution >= 0.6 is 0 Å². The molecule has 3 aliphatic carbocycles. The molecule has 0 radical (unpaired) electrons. The highest BCUT2D eigenvalue weighted by Gasteiger charge is 2.52. The third kappa shape index (κ3) is 1.93. The van der Waals surface area contributed by atoms with E-state index in [1.807, 2.05) is 4.90 Å². The molecule has 0 aliphatic heterocycles. The van der Waals surface area contributed by atoms with Crippen molar-refractivity contribution in [1.29, 1.82) is 0 Å². The van der Waals surface area contributed by atoms with Crippen molar-refractivity contribution in [2.24, 2.45) is 17.8 Å². The highest BCUT2D eigenvalue weighted by atomic mass is 16.4. The molecule has 0 unspecified atom stereocenters. The smallest absolute Gasteiger partial charge is 0.307 e. The van der Waals surface area contributed by atoms with Gasteiger partial charge in [-0.05, 0) is 38.0 Å². The van der Waals surface area contributed by atoms with Crippen molar-refractivity contribution in [3.8, 4) is 0 Å². The molecule has 3 fully saturated rings. The van der Waals surface area contributed by atoms with Gasteiger partial charge in [0.2, 0.25) is 5.91 Å². The van der Waals surface area contributed by atoms with Gasteiger partial charge in [-0.25, -0.2) is 0 Å². The summed E-state index contributed by atoms with van der Waals surface area (Å²) in [6, 6.07) is 0.433. The van der Waals surface area contributed by atoms with Gasteiger partial charge in [-0.1, -0.05) is 0 Å². The number of hydrogen-bond acceptors (Lipinski definition) is 2. The van der Waals surface area contributed by atoms with Crippen molar-refractivity contribution < 1.29 is 14.7 Å². The fraction of sp³-hybridized carbons (Fsp3) is 0.833. The standard InChI is InChI=1S/C12H17NO3/c14-11(9-5-10(9)12(15)16)13(8-3-4-8)6-7-1-2-7/h7-10H,1-6H2,(H,15,16)/t9-,10+/m1/s1. The van der Waals surface area contributed by atoms with Gasteiger partial charge in [0.1, 0.15) is 0 Å². The van der Waals surface area contributed by atoms with Crippen molar-refractivity contribution >= 4 is 11.9 Å². The molecule has 4 nitrogen and oxygen atoms in total. The molecule has 3 aliphatic rings. The van der Waals surface area contributed by atoms with Crippen LogP contribution in [0.4, 0.5) is 0 Å². The number of aliphatic carboxylic acids is 1. The summed E-state index contributed by atoms with van der Waals surface area (Å²) in [5.74, 6) is -0.598. The first kappa shape index (κ1) is 10.1. The number of carbonyl (C=O) groups excluding carboxylic acids is 1. The molecule has 3 saturated carbocycles. The molecule has 1 amide bonds. The Labute approximate surface area is 94.6 Å². The zero-order chi connectivity index (χ0) is 11.3. The fourth-order valence-electron chi connectivity index (χ4n) is 2.34. The van der Waals surface area contributed by atoms with Gasteiger partial charge in [-0.15, -0.1) is 0 Å². The molecule has 0 aromatic rings. The Bertz CT molecular complexity index is 333. The van der Waals surface area contributed by atoms with Crippen LogP contribution in [0.5, 0.6) is 0 Å². The Balaban J connectivity index is 1.60. The molecule has 1 N–H and O–H groups in total. The summed E-state index contributed by atoms with van der Waals surface area (Å²) in [5, 5.41) is 8.83. The zero-order valence-corrected chi connectivity index (χ0v) is 9.26. The summed E-state index contributed by atoms with van der Waals surface area (Å²) in [7, 11) is 0. The van der Waals surface area contributed by atoms with E-state index < -0.39 is 11.9 Å².